The molecule has 0 saturated heterocycles. The number of aromatic nitrogens is 2. The van der Waals surface area contributed by atoms with E-state index in [1.54, 1.807) is 0 Å². The SMILES string of the molecule is O=C(O)c1cncc(NCCSC(F)(F)F)n1. The predicted molar refractivity (Wildman–Crippen MR) is 56.0 cm³/mol. The highest BCUT2D eigenvalue weighted by Crippen LogP contribution is 2.29. The first-order valence-corrected chi connectivity index (χ1v) is 5.37. The first-order chi connectivity index (χ1) is 7.88. The smallest absolute Gasteiger partial charge is 0.441 e. The maximum Gasteiger partial charge on any atom is 0.441 e. The molecule has 1 aromatic heterocycles. The molecule has 0 aliphatic heterocycles. The van der Waals surface area contributed by atoms with Crippen molar-refractivity contribution in [3.05, 3.63) is 18.1 Å². The van der Waals surface area contributed by atoms with E-state index >= 15 is 0 Å². The average Bonchev–Trinajstić information content (AvgIpc) is 2.23. The molecule has 0 amide bonds. The molecule has 0 unspecified atom stereocenters. The molecule has 9 heteroatoms. The topological polar surface area (TPSA) is 75.1 Å². The summed E-state index contributed by atoms with van der Waals surface area (Å²) >= 11 is -0.164. The third-order valence-electron chi connectivity index (χ3n) is 1.53. The lowest BCUT2D eigenvalue weighted by Gasteiger charge is -2.07. The molecule has 0 aliphatic carbocycles. The zero-order valence-corrected chi connectivity index (χ0v) is 9.18. The van der Waals surface area contributed by atoms with Crippen LogP contribution in [0.2, 0.25) is 0 Å². The van der Waals surface area contributed by atoms with Gasteiger partial charge in [-0.15, -0.1) is 0 Å². The normalized spacial score (nSPS) is 11.2. The van der Waals surface area contributed by atoms with Crippen molar-refractivity contribution < 1.29 is 23.1 Å². The van der Waals surface area contributed by atoms with Gasteiger partial charge in [0.2, 0.25) is 0 Å². The number of alkyl halides is 3. The molecule has 0 spiro atoms. The summed E-state index contributed by atoms with van der Waals surface area (Å²) < 4.78 is 35.3. The number of carbonyl (C=O) groups is 1. The van der Waals surface area contributed by atoms with Crippen molar-refractivity contribution in [2.75, 3.05) is 17.6 Å². The number of anilines is 1. The van der Waals surface area contributed by atoms with E-state index in [-0.39, 0.29) is 35.6 Å². The monoisotopic (exact) mass is 267 g/mol. The Balaban J connectivity index is 2.42. The maximum atomic E-state index is 11.8. The Kier molecular flexibility index (Phi) is 4.55. The summed E-state index contributed by atoms with van der Waals surface area (Å²) in [6.45, 7) is 0.0158. The van der Waals surface area contributed by atoms with Gasteiger partial charge in [0.15, 0.2) is 5.69 Å². The quantitative estimate of drug-likeness (QED) is 0.793. The third kappa shape index (κ3) is 5.38. The van der Waals surface area contributed by atoms with E-state index < -0.39 is 11.5 Å². The van der Waals surface area contributed by atoms with Crippen LogP contribution < -0.4 is 5.32 Å². The molecule has 0 aliphatic rings. The van der Waals surface area contributed by atoms with Crippen LogP contribution >= 0.6 is 11.8 Å². The van der Waals surface area contributed by atoms with Gasteiger partial charge in [-0.3, -0.25) is 4.98 Å². The second kappa shape index (κ2) is 5.71. The standard InChI is InChI=1S/C8H8F3N3O2S/c9-8(10,11)17-2-1-13-6-4-12-3-5(14-6)7(15)16/h3-4H,1-2H2,(H,13,14)(H,15,16). The Hall–Kier alpha value is -1.51. The summed E-state index contributed by atoms with van der Waals surface area (Å²) in [5.74, 6) is -1.30. The van der Waals surface area contributed by atoms with Crippen molar-refractivity contribution in [1.82, 2.24) is 9.97 Å². The van der Waals surface area contributed by atoms with E-state index in [2.05, 4.69) is 15.3 Å². The van der Waals surface area contributed by atoms with Gasteiger partial charge in [0.1, 0.15) is 5.82 Å². The van der Waals surface area contributed by atoms with Crippen LogP contribution in [0, 0.1) is 0 Å². The highest BCUT2D eigenvalue weighted by atomic mass is 32.2. The van der Waals surface area contributed by atoms with Crippen molar-refractivity contribution in [3.63, 3.8) is 0 Å². The number of carboxylic acid groups (broad SMARTS) is 1. The molecule has 0 bridgehead atoms. The molecule has 1 rings (SSSR count). The largest absolute Gasteiger partial charge is 0.476 e. The van der Waals surface area contributed by atoms with Crippen molar-refractivity contribution in [3.8, 4) is 0 Å². The van der Waals surface area contributed by atoms with Crippen LogP contribution in [0.15, 0.2) is 12.4 Å². The minimum Gasteiger partial charge on any atom is -0.476 e. The Labute approximate surface area is 98.5 Å². The summed E-state index contributed by atoms with van der Waals surface area (Å²) in [5, 5.41) is 11.2. The number of nitrogens with zero attached hydrogens (tertiary/aromatic N) is 2. The number of rotatable bonds is 5. The molecule has 0 aromatic carbocycles. The molecule has 17 heavy (non-hydrogen) atoms. The second-order valence-corrected chi connectivity index (χ2v) is 3.98. The number of carboxylic acids is 1. The van der Waals surface area contributed by atoms with Gasteiger partial charge in [-0.1, -0.05) is 0 Å². The third-order valence-corrected chi connectivity index (χ3v) is 2.26. The maximum absolute atomic E-state index is 11.8. The Morgan fingerprint density at radius 2 is 2.18 bits per heavy atom. The predicted octanol–water partition coefficient (Wildman–Crippen LogP) is 1.84. The number of aromatic carboxylic acids is 1. The number of nitrogens with one attached hydrogen (secondary N) is 1. The molecule has 0 saturated carbocycles. The van der Waals surface area contributed by atoms with E-state index in [0.717, 1.165) is 6.20 Å². The average molecular weight is 267 g/mol. The van der Waals surface area contributed by atoms with Gasteiger partial charge < -0.3 is 10.4 Å². The van der Waals surface area contributed by atoms with Gasteiger partial charge in [-0.05, 0) is 11.8 Å². The molecule has 0 fully saturated rings. The molecular weight excluding hydrogens is 259 g/mol. The summed E-state index contributed by atoms with van der Waals surface area (Å²) in [7, 11) is 0. The fourth-order valence-electron chi connectivity index (χ4n) is 0.900. The van der Waals surface area contributed by atoms with Crippen molar-refractivity contribution in [2.45, 2.75) is 5.51 Å². The molecule has 2 N–H and O–H groups in total. The van der Waals surface area contributed by atoms with Crippen molar-refractivity contribution in [2.24, 2.45) is 0 Å². The van der Waals surface area contributed by atoms with Crippen LogP contribution in [-0.4, -0.2) is 38.8 Å². The van der Waals surface area contributed by atoms with Crippen LogP contribution in [0.5, 0.6) is 0 Å². The van der Waals surface area contributed by atoms with Gasteiger partial charge in [-0.25, -0.2) is 9.78 Å². The molecule has 0 radical (unpaired) electrons. The van der Waals surface area contributed by atoms with Crippen molar-refractivity contribution >= 4 is 23.5 Å². The van der Waals surface area contributed by atoms with Crippen LogP contribution in [0.25, 0.3) is 0 Å². The Morgan fingerprint density at radius 1 is 1.47 bits per heavy atom. The number of hydrogen-bond acceptors (Lipinski definition) is 5. The molecule has 1 heterocycles. The molecule has 0 atom stereocenters. The zero-order valence-electron chi connectivity index (χ0n) is 8.36. The summed E-state index contributed by atoms with van der Waals surface area (Å²) in [6.07, 6.45) is 2.29. The van der Waals surface area contributed by atoms with Crippen LogP contribution in [-0.2, 0) is 0 Å². The summed E-state index contributed by atoms with van der Waals surface area (Å²) in [6, 6.07) is 0. The Bertz CT molecular complexity index is 400. The first-order valence-electron chi connectivity index (χ1n) is 4.38. The van der Waals surface area contributed by atoms with E-state index in [4.69, 9.17) is 5.11 Å². The summed E-state index contributed by atoms with van der Waals surface area (Å²) in [5.41, 5.74) is -4.53. The zero-order chi connectivity index (χ0) is 12.9. The lowest BCUT2D eigenvalue weighted by molar-refractivity contribution is -0.0327. The van der Waals surface area contributed by atoms with Gasteiger partial charge in [0, 0.05) is 12.3 Å². The highest BCUT2D eigenvalue weighted by Gasteiger charge is 2.27. The minimum atomic E-state index is -4.27. The van der Waals surface area contributed by atoms with Crippen LogP contribution in [0.3, 0.4) is 0 Å². The number of thioether (sulfide) groups is 1. The first kappa shape index (κ1) is 13.6. The highest BCUT2D eigenvalue weighted by molar-refractivity contribution is 8.00. The molecule has 5 nitrogen and oxygen atoms in total. The van der Waals surface area contributed by atoms with Crippen molar-refractivity contribution in [1.29, 1.82) is 0 Å². The van der Waals surface area contributed by atoms with E-state index in [1.165, 1.54) is 6.20 Å². The molecule has 1 aromatic rings. The number of hydrogen-bond donors (Lipinski definition) is 2. The lowest BCUT2D eigenvalue weighted by atomic mass is 10.4. The molecule has 94 valence electrons. The van der Waals surface area contributed by atoms with E-state index in [1.807, 2.05) is 0 Å². The lowest BCUT2D eigenvalue weighted by Crippen LogP contribution is -2.11. The van der Waals surface area contributed by atoms with Gasteiger partial charge >= 0.3 is 11.5 Å². The fraction of sp³-hybridized carbons (Fsp3) is 0.375. The number of halogens is 3. The fourth-order valence-corrected chi connectivity index (χ4v) is 1.34. The second-order valence-electron chi connectivity index (χ2n) is 2.82. The Morgan fingerprint density at radius 3 is 2.76 bits per heavy atom. The van der Waals surface area contributed by atoms with Crippen LogP contribution in [0.4, 0.5) is 19.0 Å². The van der Waals surface area contributed by atoms with Gasteiger partial charge in [0.25, 0.3) is 0 Å². The van der Waals surface area contributed by atoms with Gasteiger partial charge in [0.05, 0.1) is 12.4 Å². The van der Waals surface area contributed by atoms with Gasteiger partial charge in [-0.2, -0.15) is 13.2 Å². The van der Waals surface area contributed by atoms with E-state index in [9.17, 15) is 18.0 Å². The molecular formula is C8H8F3N3O2S. The minimum absolute atomic E-state index is 0.0158. The van der Waals surface area contributed by atoms with E-state index in [0.29, 0.717) is 0 Å². The van der Waals surface area contributed by atoms with Crippen LogP contribution in [0.1, 0.15) is 10.5 Å². The summed E-state index contributed by atoms with van der Waals surface area (Å²) in [4.78, 5) is 17.8.